The van der Waals surface area contributed by atoms with Crippen molar-refractivity contribution in [3.63, 3.8) is 0 Å². The van der Waals surface area contributed by atoms with Crippen LogP contribution in [0, 0.1) is 0 Å². The quantitative estimate of drug-likeness (QED) is 0.837. The average molecular weight is 219 g/mol. The summed E-state index contributed by atoms with van der Waals surface area (Å²) in [5.41, 5.74) is 1.62. The van der Waals surface area contributed by atoms with Crippen LogP contribution >= 0.6 is 0 Å². The van der Waals surface area contributed by atoms with Crippen LogP contribution in [-0.2, 0) is 14.3 Å². The lowest BCUT2D eigenvalue weighted by Crippen LogP contribution is -2.39. The number of hydrogen-bond acceptors (Lipinski definition) is 3. The molecule has 0 bridgehead atoms. The van der Waals surface area contributed by atoms with Crippen molar-refractivity contribution in [2.24, 2.45) is 0 Å². The van der Waals surface area contributed by atoms with Gasteiger partial charge in [-0.1, -0.05) is 30.3 Å². The molecule has 0 unspecified atom stereocenters. The first-order valence-corrected chi connectivity index (χ1v) is 5.03. The smallest absolute Gasteiger partial charge is 0.221 e. The monoisotopic (exact) mass is 219 g/mol. The number of carbonyl (C=O) groups excluding carboxylic acids is 1. The molecule has 1 heterocycles. The molecule has 4 heteroatoms. The van der Waals surface area contributed by atoms with E-state index in [-0.39, 0.29) is 12.7 Å². The van der Waals surface area contributed by atoms with Crippen molar-refractivity contribution in [2.75, 3.05) is 6.79 Å². The first-order chi connectivity index (χ1) is 7.75. The Hall–Kier alpha value is -1.65. The molecule has 1 fully saturated rings. The molecule has 4 nitrogen and oxygen atoms in total. The average Bonchev–Trinajstić information content (AvgIpc) is 2.15. The highest BCUT2D eigenvalue weighted by molar-refractivity contribution is 5.76. The molecule has 1 aromatic rings. The third-order valence-corrected chi connectivity index (χ3v) is 2.13. The molecule has 0 saturated carbocycles. The molecule has 1 saturated heterocycles. The molecule has 0 radical (unpaired) electrons. The van der Waals surface area contributed by atoms with Crippen molar-refractivity contribution in [2.45, 2.75) is 13.2 Å². The molecule has 2 rings (SSSR count). The third kappa shape index (κ3) is 2.68. The summed E-state index contributed by atoms with van der Waals surface area (Å²) in [4.78, 5) is 11.0. The van der Waals surface area contributed by atoms with Crippen LogP contribution in [0.1, 0.15) is 12.5 Å². The number of rotatable bonds is 3. The van der Waals surface area contributed by atoms with Crippen LogP contribution in [0.4, 0.5) is 0 Å². The lowest BCUT2D eigenvalue weighted by Gasteiger charge is -2.29. The maximum atomic E-state index is 11.0. The van der Waals surface area contributed by atoms with Gasteiger partial charge in [0.25, 0.3) is 0 Å². The molecule has 0 aromatic heterocycles. The number of nitrogens with one attached hydrogen (secondary N) is 1. The van der Waals surface area contributed by atoms with E-state index < -0.39 is 6.29 Å². The van der Waals surface area contributed by atoms with E-state index >= 15 is 0 Å². The Labute approximate surface area is 93.9 Å². The summed E-state index contributed by atoms with van der Waals surface area (Å²) in [5.74, 6) is -0.138. The third-order valence-electron chi connectivity index (χ3n) is 2.13. The Kier molecular flexibility index (Phi) is 3.34. The minimum absolute atomic E-state index is 0.138. The highest BCUT2D eigenvalue weighted by Gasteiger charge is 2.24. The van der Waals surface area contributed by atoms with Crippen LogP contribution < -0.4 is 5.32 Å². The van der Waals surface area contributed by atoms with E-state index in [4.69, 9.17) is 9.47 Å². The van der Waals surface area contributed by atoms with Gasteiger partial charge in [-0.2, -0.15) is 0 Å². The Morgan fingerprint density at radius 3 is 2.56 bits per heavy atom. The summed E-state index contributed by atoms with van der Waals surface area (Å²) < 4.78 is 10.3. The standard InChI is InChI=1S/C12H13NO3/c1-9(14)13-11(12-15-8-16-12)7-10-5-3-2-4-6-10/h2-7,12H,8H2,1H3,(H,13,14)/b11-7-. The summed E-state index contributed by atoms with van der Waals surface area (Å²) in [6.45, 7) is 1.73. The van der Waals surface area contributed by atoms with Gasteiger partial charge in [-0.15, -0.1) is 0 Å². The molecule has 1 N–H and O–H groups in total. The van der Waals surface area contributed by atoms with Gasteiger partial charge in [0.1, 0.15) is 0 Å². The summed E-state index contributed by atoms with van der Waals surface area (Å²) in [6.07, 6.45) is 1.38. The molecule has 1 aliphatic rings. The van der Waals surface area contributed by atoms with E-state index in [0.29, 0.717) is 5.70 Å². The zero-order valence-corrected chi connectivity index (χ0v) is 8.97. The van der Waals surface area contributed by atoms with Crippen molar-refractivity contribution in [3.05, 3.63) is 41.6 Å². The topological polar surface area (TPSA) is 47.6 Å². The summed E-state index contributed by atoms with van der Waals surface area (Å²) in [7, 11) is 0. The molecule has 0 aliphatic carbocycles. The zero-order valence-electron chi connectivity index (χ0n) is 8.97. The van der Waals surface area contributed by atoms with Gasteiger partial charge in [0.05, 0.1) is 5.70 Å². The minimum atomic E-state index is -0.455. The fourth-order valence-electron chi connectivity index (χ4n) is 1.41. The molecular weight excluding hydrogens is 206 g/mol. The number of ether oxygens (including phenoxy) is 2. The second-order valence-corrected chi connectivity index (χ2v) is 3.47. The highest BCUT2D eigenvalue weighted by atomic mass is 16.8. The largest absolute Gasteiger partial charge is 0.325 e. The van der Waals surface area contributed by atoms with Crippen LogP contribution in [0.25, 0.3) is 6.08 Å². The molecule has 1 aliphatic heterocycles. The zero-order chi connectivity index (χ0) is 11.4. The first kappa shape index (κ1) is 10.9. The van der Waals surface area contributed by atoms with Gasteiger partial charge in [-0.3, -0.25) is 4.79 Å². The molecule has 0 spiro atoms. The SMILES string of the molecule is CC(=O)N/C(=C\c1ccccc1)C1OCO1. The van der Waals surface area contributed by atoms with Gasteiger partial charge in [-0.25, -0.2) is 0 Å². The lowest BCUT2D eigenvalue weighted by atomic mass is 10.2. The van der Waals surface area contributed by atoms with E-state index in [2.05, 4.69) is 5.32 Å². The van der Waals surface area contributed by atoms with E-state index in [1.54, 1.807) is 0 Å². The Balaban J connectivity index is 2.17. The molecule has 0 atom stereocenters. The molecular formula is C12H13NO3. The Bertz CT molecular complexity index is 396. The summed E-state index contributed by atoms with van der Waals surface area (Å²) >= 11 is 0. The highest BCUT2D eigenvalue weighted by Crippen LogP contribution is 2.17. The van der Waals surface area contributed by atoms with Gasteiger partial charge in [0.2, 0.25) is 12.2 Å². The van der Waals surface area contributed by atoms with Crippen LogP contribution in [0.15, 0.2) is 36.0 Å². The van der Waals surface area contributed by atoms with Crippen molar-refractivity contribution in [1.82, 2.24) is 5.32 Å². The van der Waals surface area contributed by atoms with Gasteiger partial charge >= 0.3 is 0 Å². The lowest BCUT2D eigenvalue weighted by molar-refractivity contribution is -0.302. The van der Waals surface area contributed by atoms with Gasteiger partial charge in [-0.05, 0) is 11.6 Å². The number of amides is 1. The van der Waals surface area contributed by atoms with Gasteiger partial charge in [0.15, 0.2) is 6.79 Å². The maximum absolute atomic E-state index is 11.0. The van der Waals surface area contributed by atoms with E-state index in [9.17, 15) is 4.79 Å². The van der Waals surface area contributed by atoms with Gasteiger partial charge < -0.3 is 14.8 Å². The first-order valence-electron chi connectivity index (χ1n) is 5.03. The minimum Gasteiger partial charge on any atom is -0.325 e. The van der Waals surface area contributed by atoms with Crippen molar-refractivity contribution in [3.8, 4) is 0 Å². The normalized spacial score (nSPS) is 16.7. The second kappa shape index (κ2) is 4.92. The predicted molar refractivity (Wildman–Crippen MR) is 59.1 cm³/mol. The summed E-state index contributed by atoms with van der Waals surface area (Å²) in [5, 5.41) is 2.70. The maximum Gasteiger partial charge on any atom is 0.221 e. The predicted octanol–water partition coefficient (Wildman–Crippen LogP) is 1.49. The van der Waals surface area contributed by atoms with E-state index in [1.165, 1.54) is 6.92 Å². The molecule has 1 aromatic carbocycles. The fourth-order valence-corrected chi connectivity index (χ4v) is 1.41. The molecule has 84 valence electrons. The summed E-state index contributed by atoms with van der Waals surface area (Å²) in [6, 6.07) is 9.69. The Morgan fingerprint density at radius 2 is 2.06 bits per heavy atom. The number of hydrogen-bond donors (Lipinski definition) is 1. The number of benzene rings is 1. The Morgan fingerprint density at radius 1 is 1.38 bits per heavy atom. The second-order valence-electron chi connectivity index (χ2n) is 3.47. The molecule has 16 heavy (non-hydrogen) atoms. The van der Waals surface area contributed by atoms with E-state index in [0.717, 1.165) is 5.56 Å². The van der Waals surface area contributed by atoms with Crippen LogP contribution in [-0.4, -0.2) is 19.0 Å². The van der Waals surface area contributed by atoms with Crippen molar-refractivity contribution >= 4 is 12.0 Å². The van der Waals surface area contributed by atoms with Crippen molar-refractivity contribution < 1.29 is 14.3 Å². The van der Waals surface area contributed by atoms with Crippen LogP contribution in [0.2, 0.25) is 0 Å². The van der Waals surface area contributed by atoms with Crippen LogP contribution in [0.5, 0.6) is 0 Å². The molecule has 1 amide bonds. The van der Waals surface area contributed by atoms with Crippen molar-refractivity contribution in [1.29, 1.82) is 0 Å². The van der Waals surface area contributed by atoms with Crippen LogP contribution in [0.3, 0.4) is 0 Å². The van der Waals surface area contributed by atoms with E-state index in [1.807, 2.05) is 36.4 Å². The number of carbonyl (C=O) groups is 1. The fraction of sp³-hybridized carbons (Fsp3) is 0.250. The van der Waals surface area contributed by atoms with Gasteiger partial charge in [0, 0.05) is 6.92 Å².